The molecule has 4 aliphatic rings. The number of thiophene rings is 1. The minimum Gasteiger partial charge on any atom is -0.386 e. The Kier molecular flexibility index (Phi) is 10.8. The number of piperidine rings is 3. The third-order valence-electron chi connectivity index (χ3n) is 10.7. The van der Waals surface area contributed by atoms with Crippen molar-refractivity contribution < 1.29 is 27.6 Å². The van der Waals surface area contributed by atoms with Gasteiger partial charge in [-0.2, -0.15) is 13.2 Å². The molecule has 14 heteroatoms. The summed E-state index contributed by atoms with van der Waals surface area (Å²) in [5, 5.41) is 12.8. The number of urea groups is 1. The van der Waals surface area contributed by atoms with Gasteiger partial charge >= 0.3 is 12.2 Å². The average Bonchev–Trinajstić information content (AvgIpc) is 3.54. The average molecular weight is 709 g/mol. The van der Waals surface area contributed by atoms with E-state index in [0.29, 0.717) is 57.4 Å². The Bertz CT molecular complexity index is 1480. The van der Waals surface area contributed by atoms with Gasteiger partial charge < -0.3 is 30.7 Å². The fourth-order valence-corrected chi connectivity index (χ4v) is 9.13. The summed E-state index contributed by atoms with van der Waals surface area (Å²) in [6.07, 6.45) is 0.486. The number of carbonyl (C=O) groups is 3. The summed E-state index contributed by atoms with van der Waals surface area (Å²) in [6.45, 7) is 4.60. The van der Waals surface area contributed by atoms with Crippen molar-refractivity contribution in [1.29, 1.82) is 0 Å². The normalized spacial score (nSPS) is 20.8. The zero-order valence-electron chi connectivity index (χ0n) is 27.2. The predicted octanol–water partition coefficient (Wildman–Crippen LogP) is 6.29. The first kappa shape index (κ1) is 34.8. The van der Waals surface area contributed by atoms with Crippen molar-refractivity contribution >= 4 is 52.2 Å². The molecule has 0 unspecified atom stereocenters. The maximum Gasteiger partial charge on any atom is 0.418 e. The van der Waals surface area contributed by atoms with Gasteiger partial charge in [-0.15, -0.1) is 11.3 Å². The Balaban J connectivity index is 1.14. The van der Waals surface area contributed by atoms with Crippen LogP contribution in [0.2, 0.25) is 5.02 Å². The van der Waals surface area contributed by atoms with Gasteiger partial charge in [0.2, 0.25) is 11.8 Å². The van der Waals surface area contributed by atoms with E-state index in [1.807, 2.05) is 20.6 Å². The summed E-state index contributed by atoms with van der Waals surface area (Å²) >= 11 is 7.86. The van der Waals surface area contributed by atoms with Crippen LogP contribution in [0.3, 0.4) is 0 Å². The van der Waals surface area contributed by atoms with Gasteiger partial charge in [0, 0.05) is 56.6 Å². The van der Waals surface area contributed by atoms with Crippen LogP contribution in [0, 0.1) is 17.8 Å². The number of halogens is 4. The van der Waals surface area contributed by atoms with E-state index >= 15 is 0 Å². The van der Waals surface area contributed by atoms with Gasteiger partial charge in [0.05, 0.1) is 34.4 Å². The Morgan fingerprint density at radius 2 is 1.67 bits per heavy atom. The third-order valence-corrected chi connectivity index (χ3v) is 11.8. The molecule has 262 valence electrons. The first-order valence-corrected chi connectivity index (χ1v) is 18.3. The summed E-state index contributed by atoms with van der Waals surface area (Å²) in [6, 6.07) is 2.35. The molecule has 1 aromatic carbocycles. The van der Waals surface area contributed by atoms with E-state index in [4.69, 9.17) is 11.6 Å². The molecule has 3 fully saturated rings. The number of rotatable bonds is 8. The summed E-state index contributed by atoms with van der Waals surface area (Å²) in [4.78, 5) is 46.0. The highest BCUT2D eigenvalue weighted by molar-refractivity contribution is 7.08. The second-order valence-corrected chi connectivity index (χ2v) is 14.7. The lowest BCUT2D eigenvalue weighted by atomic mass is 9.79. The lowest BCUT2D eigenvalue weighted by Crippen LogP contribution is -2.51. The monoisotopic (exact) mass is 708 g/mol. The minimum absolute atomic E-state index is 0.0191. The Labute approximate surface area is 288 Å². The zero-order chi connectivity index (χ0) is 34.0. The van der Waals surface area contributed by atoms with Crippen LogP contribution in [0.15, 0.2) is 22.9 Å². The van der Waals surface area contributed by atoms with Gasteiger partial charge in [-0.3, -0.25) is 9.59 Å². The SMILES string of the molecule is CNc1c(Cl)cc(C[C@@H](CC(=O)N2CCC(N3Cc4cscc4NC3=O)CC2)C(=O)N2CCC(C3CCNCC3)CC2)cc1C(F)(F)F. The van der Waals surface area contributed by atoms with Crippen molar-refractivity contribution in [3.8, 4) is 0 Å². The van der Waals surface area contributed by atoms with Crippen molar-refractivity contribution in [3.05, 3.63) is 44.6 Å². The fraction of sp³-hybridized carbons (Fsp3) is 0.618. The van der Waals surface area contributed by atoms with Crippen LogP contribution in [0.4, 0.5) is 29.3 Å². The third kappa shape index (κ3) is 7.73. The van der Waals surface area contributed by atoms with Crippen LogP contribution in [0.5, 0.6) is 0 Å². The van der Waals surface area contributed by atoms with Crippen molar-refractivity contribution in [1.82, 2.24) is 20.0 Å². The van der Waals surface area contributed by atoms with Crippen molar-refractivity contribution in [2.24, 2.45) is 17.8 Å². The van der Waals surface area contributed by atoms with Gasteiger partial charge in [-0.05, 0) is 92.9 Å². The van der Waals surface area contributed by atoms with Crippen molar-refractivity contribution in [2.75, 3.05) is 56.9 Å². The summed E-state index contributed by atoms with van der Waals surface area (Å²) in [5.41, 5.74) is 1.09. The molecule has 0 spiro atoms. The van der Waals surface area contributed by atoms with Gasteiger partial charge in [0.15, 0.2) is 0 Å². The van der Waals surface area contributed by atoms with Crippen molar-refractivity contribution in [2.45, 2.75) is 70.1 Å². The fourth-order valence-electron chi connectivity index (χ4n) is 8.01. The highest BCUT2D eigenvalue weighted by atomic mass is 35.5. The minimum atomic E-state index is -4.65. The highest BCUT2D eigenvalue weighted by Gasteiger charge is 2.38. The number of benzene rings is 1. The largest absolute Gasteiger partial charge is 0.418 e. The molecule has 9 nitrogen and oxygen atoms in total. The molecular formula is C34H44ClF3N6O3S. The molecule has 3 saturated heterocycles. The molecule has 3 N–H and O–H groups in total. The van der Waals surface area contributed by atoms with Gasteiger partial charge in [0.25, 0.3) is 0 Å². The van der Waals surface area contributed by atoms with Crippen LogP contribution < -0.4 is 16.0 Å². The zero-order valence-corrected chi connectivity index (χ0v) is 28.8. The number of likely N-dealkylation sites (tertiary alicyclic amines) is 2. The quantitative estimate of drug-likeness (QED) is 0.300. The number of nitrogens with one attached hydrogen (secondary N) is 3. The first-order chi connectivity index (χ1) is 23.0. The number of amides is 4. The molecule has 0 radical (unpaired) electrons. The molecule has 1 aromatic heterocycles. The number of nitrogens with zero attached hydrogens (tertiary/aromatic N) is 3. The van der Waals surface area contributed by atoms with E-state index in [1.54, 1.807) is 16.2 Å². The molecule has 0 saturated carbocycles. The summed E-state index contributed by atoms with van der Waals surface area (Å²) in [7, 11) is 1.38. The summed E-state index contributed by atoms with van der Waals surface area (Å²) in [5.74, 6) is -0.0311. The second kappa shape index (κ2) is 14.8. The van der Waals surface area contributed by atoms with E-state index in [2.05, 4.69) is 16.0 Å². The molecule has 0 aliphatic carbocycles. The van der Waals surface area contributed by atoms with Gasteiger partial charge in [-0.25, -0.2) is 4.79 Å². The Hall–Kier alpha value is -3.03. The van der Waals surface area contributed by atoms with Crippen LogP contribution in [0.25, 0.3) is 0 Å². The summed E-state index contributed by atoms with van der Waals surface area (Å²) < 4.78 is 42.0. The molecule has 48 heavy (non-hydrogen) atoms. The molecule has 1 atom stereocenters. The number of alkyl halides is 3. The van der Waals surface area contributed by atoms with Crippen molar-refractivity contribution in [3.63, 3.8) is 0 Å². The van der Waals surface area contributed by atoms with Crippen LogP contribution >= 0.6 is 22.9 Å². The lowest BCUT2D eigenvalue weighted by molar-refractivity contribution is -0.143. The second-order valence-electron chi connectivity index (χ2n) is 13.6. The van der Waals surface area contributed by atoms with Crippen LogP contribution in [0.1, 0.15) is 61.6 Å². The molecule has 5 heterocycles. The van der Waals surface area contributed by atoms with E-state index in [9.17, 15) is 27.6 Å². The topological polar surface area (TPSA) is 97.0 Å². The highest BCUT2D eigenvalue weighted by Crippen LogP contribution is 2.40. The van der Waals surface area contributed by atoms with E-state index in [0.717, 1.165) is 56.1 Å². The molecule has 4 aliphatic heterocycles. The lowest BCUT2D eigenvalue weighted by Gasteiger charge is -2.41. The number of hydrogen-bond donors (Lipinski definition) is 3. The molecule has 2 aromatic rings. The van der Waals surface area contributed by atoms with Gasteiger partial charge in [0.1, 0.15) is 0 Å². The Morgan fingerprint density at radius 1 is 1.00 bits per heavy atom. The molecule has 6 rings (SSSR count). The van der Waals surface area contributed by atoms with Crippen LogP contribution in [-0.4, -0.2) is 84.9 Å². The number of hydrogen-bond acceptors (Lipinski definition) is 6. The number of carbonyl (C=O) groups excluding carboxylic acids is 3. The molecule has 0 bridgehead atoms. The number of anilines is 2. The number of fused-ring (bicyclic) bond motifs is 1. The smallest absolute Gasteiger partial charge is 0.386 e. The first-order valence-electron chi connectivity index (χ1n) is 17.0. The maximum atomic E-state index is 14.1. The standard InChI is InChI=1S/C34H44ClF3N6O3S/c1-39-31-27(34(36,37)38)15-21(16-28(31)35)14-24(32(46)43-10-4-23(5-11-43)22-2-8-40-9-3-22)17-30(45)42-12-6-26(7-13-42)44-18-25-19-48-20-29(25)41-33(44)47/h15-16,19-20,22-24,26,39-40H,2-14,17-18H2,1H3,(H,41,47)/t24-/m0/s1. The maximum absolute atomic E-state index is 14.1. The predicted molar refractivity (Wildman–Crippen MR) is 181 cm³/mol. The van der Waals surface area contributed by atoms with Crippen LogP contribution in [-0.2, 0) is 28.7 Å². The van der Waals surface area contributed by atoms with E-state index in [-0.39, 0.29) is 53.0 Å². The van der Waals surface area contributed by atoms with E-state index in [1.165, 1.54) is 13.1 Å². The Morgan fingerprint density at radius 3 is 2.33 bits per heavy atom. The molecular weight excluding hydrogens is 665 g/mol. The van der Waals surface area contributed by atoms with E-state index < -0.39 is 17.7 Å². The molecule has 4 amide bonds. The van der Waals surface area contributed by atoms with Gasteiger partial charge in [-0.1, -0.05) is 11.6 Å².